The van der Waals surface area contributed by atoms with E-state index in [9.17, 15) is 13.6 Å². The van der Waals surface area contributed by atoms with Crippen molar-refractivity contribution in [1.82, 2.24) is 0 Å². The topological polar surface area (TPSA) is 26.3 Å². The number of carbonyl (C=O) groups is 1. The van der Waals surface area contributed by atoms with Gasteiger partial charge in [0.15, 0.2) is 11.6 Å². The van der Waals surface area contributed by atoms with Gasteiger partial charge in [0.05, 0.1) is 0 Å². The van der Waals surface area contributed by atoms with E-state index in [4.69, 9.17) is 16.3 Å². The van der Waals surface area contributed by atoms with Crippen LogP contribution < -0.4 is 0 Å². The summed E-state index contributed by atoms with van der Waals surface area (Å²) in [6, 6.07) is 13.0. The van der Waals surface area contributed by atoms with E-state index < -0.39 is 17.6 Å². The second kappa shape index (κ2) is 9.18. The Kier molecular flexibility index (Phi) is 6.94. The number of benzene rings is 2. The molecule has 24 heavy (non-hydrogen) atoms. The zero-order valence-corrected chi connectivity index (χ0v) is 13.7. The molecule has 0 fully saturated rings. The Morgan fingerprint density at radius 2 is 1.83 bits per heavy atom. The fourth-order valence-electron chi connectivity index (χ4n) is 2.13. The van der Waals surface area contributed by atoms with Crippen LogP contribution in [0.4, 0.5) is 8.78 Å². The van der Waals surface area contributed by atoms with Gasteiger partial charge in [0, 0.05) is 17.0 Å². The van der Waals surface area contributed by atoms with Crippen molar-refractivity contribution in [2.24, 2.45) is 0 Å². The predicted octanol–water partition coefficient (Wildman–Crippen LogP) is 5.11. The van der Waals surface area contributed by atoms with Gasteiger partial charge in [-0.15, -0.1) is 11.6 Å². The van der Waals surface area contributed by atoms with E-state index >= 15 is 0 Å². The fourth-order valence-corrected chi connectivity index (χ4v) is 2.26. The third kappa shape index (κ3) is 5.17. The summed E-state index contributed by atoms with van der Waals surface area (Å²) in [6.45, 7) is 0.115. The van der Waals surface area contributed by atoms with Crippen molar-refractivity contribution < 1.29 is 18.3 Å². The van der Waals surface area contributed by atoms with Gasteiger partial charge in [0.25, 0.3) is 0 Å². The molecule has 2 aromatic rings. The van der Waals surface area contributed by atoms with Crippen molar-refractivity contribution in [3.05, 3.63) is 76.9 Å². The minimum Gasteiger partial charge on any atom is -0.457 e. The first-order valence-electron chi connectivity index (χ1n) is 7.53. The molecule has 0 aliphatic rings. The predicted molar refractivity (Wildman–Crippen MR) is 90.5 cm³/mol. The van der Waals surface area contributed by atoms with Crippen LogP contribution >= 0.6 is 11.6 Å². The number of halogens is 3. The molecule has 0 saturated heterocycles. The molecule has 0 aliphatic carbocycles. The Bertz CT molecular complexity index is 715. The molecule has 0 aromatic heterocycles. The number of hydrogen-bond acceptors (Lipinski definition) is 2. The van der Waals surface area contributed by atoms with Crippen LogP contribution in [0.1, 0.15) is 24.0 Å². The van der Waals surface area contributed by atoms with Gasteiger partial charge >= 0.3 is 5.97 Å². The second-order valence-electron chi connectivity index (χ2n) is 5.17. The average Bonchev–Trinajstić information content (AvgIpc) is 2.61. The van der Waals surface area contributed by atoms with E-state index in [1.165, 1.54) is 18.2 Å². The van der Waals surface area contributed by atoms with Crippen LogP contribution in [0.15, 0.2) is 54.1 Å². The third-order valence-electron chi connectivity index (χ3n) is 3.37. The van der Waals surface area contributed by atoms with Gasteiger partial charge in [-0.3, -0.25) is 0 Å². The molecular formula is C19H17ClF2O2. The molecule has 0 atom stereocenters. The maximum Gasteiger partial charge on any atom is 0.334 e. The summed E-state index contributed by atoms with van der Waals surface area (Å²) in [5.74, 6) is -2.16. The smallest absolute Gasteiger partial charge is 0.334 e. The van der Waals surface area contributed by atoms with Crippen LogP contribution in [-0.4, -0.2) is 11.8 Å². The van der Waals surface area contributed by atoms with Crippen molar-refractivity contribution in [2.45, 2.75) is 19.4 Å². The van der Waals surface area contributed by atoms with E-state index in [1.807, 2.05) is 30.3 Å². The SMILES string of the molecule is O=C(OCc1ccccc1)/C(=C\c1cccc(F)c1F)CCCCl. The molecule has 0 bridgehead atoms. The Labute approximate surface area is 144 Å². The van der Waals surface area contributed by atoms with Gasteiger partial charge < -0.3 is 4.74 Å². The highest BCUT2D eigenvalue weighted by Gasteiger charge is 2.14. The molecule has 0 amide bonds. The highest BCUT2D eigenvalue weighted by molar-refractivity contribution is 6.17. The molecule has 0 unspecified atom stereocenters. The standard InChI is InChI=1S/C19H17ClF2O2/c20-11-5-9-16(12-15-8-4-10-17(21)18(15)22)19(23)24-13-14-6-2-1-3-7-14/h1-4,6-8,10,12H,5,9,11,13H2/b16-12-. The number of carbonyl (C=O) groups excluding carboxylic acids is 1. The van der Waals surface area contributed by atoms with E-state index in [0.29, 0.717) is 18.7 Å². The maximum absolute atomic E-state index is 13.8. The lowest BCUT2D eigenvalue weighted by Gasteiger charge is -2.09. The zero-order chi connectivity index (χ0) is 17.4. The lowest BCUT2D eigenvalue weighted by molar-refractivity contribution is -0.140. The van der Waals surface area contributed by atoms with Crippen LogP contribution in [0.25, 0.3) is 6.08 Å². The van der Waals surface area contributed by atoms with Crippen LogP contribution in [0.3, 0.4) is 0 Å². The minimum absolute atomic E-state index is 0.0104. The molecule has 0 N–H and O–H groups in total. The first-order chi connectivity index (χ1) is 11.6. The van der Waals surface area contributed by atoms with Crippen LogP contribution in [0.5, 0.6) is 0 Å². The number of alkyl halides is 1. The van der Waals surface area contributed by atoms with Crippen molar-refractivity contribution in [2.75, 3.05) is 5.88 Å². The summed E-state index contributed by atoms with van der Waals surface area (Å²) < 4.78 is 32.4. The average molecular weight is 351 g/mol. The first kappa shape index (κ1) is 18.1. The molecule has 0 saturated carbocycles. The third-order valence-corrected chi connectivity index (χ3v) is 3.63. The van der Waals surface area contributed by atoms with Crippen molar-refractivity contribution >= 4 is 23.6 Å². The van der Waals surface area contributed by atoms with Crippen LogP contribution in [-0.2, 0) is 16.1 Å². The highest BCUT2D eigenvalue weighted by Crippen LogP contribution is 2.19. The summed E-state index contributed by atoms with van der Waals surface area (Å²) >= 11 is 5.67. The lowest BCUT2D eigenvalue weighted by atomic mass is 10.1. The molecule has 0 aliphatic heterocycles. The molecule has 5 heteroatoms. The maximum atomic E-state index is 13.8. The van der Waals surface area contributed by atoms with Gasteiger partial charge in [-0.2, -0.15) is 0 Å². The Morgan fingerprint density at radius 1 is 1.08 bits per heavy atom. The molecule has 2 aromatic carbocycles. The van der Waals surface area contributed by atoms with Crippen LogP contribution in [0.2, 0.25) is 0 Å². The first-order valence-corrected chi connectivity index (χ1v) is 8.07. The summed E-state index contributed by atoms with van der Waals surface area (Å²) in [6.07, 6.45) is 2.18. The van der Waals surface area contributed by atoms with E-state index in [1.54, 1.807) is 0 Å². The van der Waals surface area contributed by atoms with E-state index in [2.05, 4.69) is 0 Å². The fraction of sp³-hybridized carbons (Fsp3) is 0.211. The summed E-state index contributed by atoms with van der Waals surface area (Å²) in [5.41, 5.74) is 1.12. The number of hydrogen-bond donors (Lipinski definition) is 0. The number of rotatable bonds is 7. The molecule has 2 nitrogen and oxygen atoms in total. The molecule has 0 heterocycles. The molecule has 0 radical (unpaired) electrons. The lowest BCUT2D eigenvalue weighted by Crippen LogP contribution is -2.09. The normalized spacial score (nSPS) is 11.4. The second-order valence-corrected chi connectivity index (χ2v) is 5.54. The van der Waals surface area contributed by atoms with E-state index in [0.717, 1.165) is 11.6 Å². The van der Waals surface area contributed by atoms with Gasteiger partial charge in [-0.05, 0) is 30.5 Å². The van der Waals surface area contributed by atoms with Gasteiger partial charge in [-0.25, -0.2) is 13.6 Å². The quantitative estimate of drug-likeness (QED) is 0.394. The van der Waals surface area contributed by atoms with Crippen molar-refractivity contribution in [3.8, 4) is 0 Å². The van der Waals surface area contributed by atoms with E-state index in [-0.39, 0.29) is 17.7 Å². The Hall–Kier alpha value is -2.20. The van der Waals surface area contributed by atoms with Crippen molar-refractivity contribution in [1.29, 1.82) is 0 Å². The summed E-state index contributed by atoms with van der Waals surface area (Å²) in [7, 11) is 0. The highest BCUT2D eigenvalue weighted by atomic mass is 35.5. The summed E-state index contributed by atoms with van der Waals surface area (Å²) in [5, 5.41) is 0. The van der Waals surface area contributed by atoms with Gasteiger partial charge in [0.1, 0.15) is 6.61 Å². The van der Waals surface area contributed by atoms with Gasteiger partial charge in [0.2, 0.25) is 0 Å². The minimum atomic E-state index is -0.989. The summed E-state index contributed by atoms with van der Waals surface area (Å²) in [4.78, 5) is 12.3. The molecule has 0 spiro atoms. The Balaban J connectivity index is 2.16. The molecule has 2 rings (SSSR count). The number of ether oxygens (including phenoxy) is 1. The zero-order valence-electron chi connectivity index (χ0n) is 13.0. The molecule has 126 valence electrons. The van der Waals surface area contributed by atoms with Crippen LogP contribution in [0, 0.1) is 11.6 Å². The molecular weight excluding hydrogens is 334 g/mol. The van der Waals surface area contributed by atoms with Gasteiger partial charge in [-0.1, -0.05) is 42.5 Å². The van der Waals surface area contributed by atoms with Crippen molar-refractivity contribution in [3.63, 3.8) is 0 Å². The Morgan fingerprint density at radius 3 is 2.54 bits per heavy atom. The number of esters is 1. The largest absolute Gasteiger partial charge is 0.457 e. The monoisotopic (exact) mass is 350 g/mol.